The van der Waals surface area contributed by atoms with Crippen LogP contribution in [0.3, 0.4) is 0 Å². The predicted molar refractivity (Wildman–Crippen MR) is 120 cm³/mol. The van der Waals surface area contributed by atoms with Crippen molar-refractivity contribution in [1.82, 2.24) is 9.55 Å². The molecule has 2 aliphatic heterocycles. The van der Waals surface area contributed by atoms with Gasteiger partial charge in [0.1, 0.15) is 6.10 Å². The summed E-state index contributed by atoms with van der Waals surface area (Å²) in [5, 5.41) is 0.382. The van der Waals surface area contributed by atoms with Crippen LogP contribution in [0.4, 0.5) is 17.6 Å². The minimum Gasteiger partial charge on any atom is -0.449 e. The third kappa shape index (κ3) is 6.03. The summed E-state index contributed by atoms with van der Waals surface area (Å²) in [6.07, 6.45) is -11.2. The number of hydrogen-bond acceptors (Lipinski definition) is 9. The van der Waals surface area contributed by atoms with Gasteiger partial charge in [-0.1, -0.05) is 23.7 Å². The number of carbonyl (C=O) groups is 1. The lowest BCUT2D eigenvalue weighted by molar-refractivity contribution is -0.211. The van der Waals surface area contributed by atoms with E-state index < -0.39 is 68.0 Å². The molecule has 6 atom stereocenters. The molecule has 0 amide bonds. The Kier molecular flexibility index (Phi) is 7.90. The molecule has 208 valence electrons. The highest BCUT2D eigenvalue weighted by atomic mass is 35.5. The Morgan fingerprint density at radius 2 is 2.05 bits per heavy atom. The Bertz CT molecular complexity index is 1360. The topological polar surface area (TPSA) is 135 Å². The smallest absolute Gasteiger partial charge is 0.449 e. The number of nitrogens with one attached hydrogen (secondary N) is 1. The Balaban J connectivity index is 1.57. The van der Waals surface area contributed by atoms with Gasteiger partial charge in [0, 0.05) is 23.7 Å². The van der Waals surface area contributed by atoms with Crippen molar-refractivity contribution >= 4 is 25.4 Å². The molecule has 3 heterocycles. The second kappa shape index (κ2) is 10.5. The van der Waals surface area contributed by atoms with Crippen molar-refractivity contribution in [2.24, 2.45) is 0 Å². The van der Waals surface area contributed by atoms with E-state index in [1.54, 1.807) is 24.3 Å². The first-order chi connectivity index (χ1) is 17.7. The van der Waals surface area contributed by atoms with Crippen LogP contribution in [0.1, 0.15) is 31.2 Å². The number of esters is 1. The maximum Gasteiger partial charge on any atom is 0.490 e. The first-order valence-corrected chi connectivity index (χ1v) is 12.8. The number of H-pyrrole nitrogens is 1. The number of phosphoric acid groups is 1. The summed E-state index contributed by atoms with van der Waals surface area (Å²) in [6, 6.07) is 7.31. The van der Waals surface area contributed by atoms with Crippen LogP contribution in [-0.2, 0) is 32.4 Å². The highest BCUT2D eigenvalue weighted by Crippen LogP contribution is 2.57. The number of alkyl halides is 4. The largest absolute Gasteiger partial charge is 0.490 e. The fraction of sp³-hybridized carbons (Fsp3) is 0.476. The molecule has 0 spiro atoms. The molecule has 2 aromatic rings. The highest BCUT2D eigenvalue weighted by molar-refractivity contribution is 7.48. The van der Waals surface area contributed by atoms with Gasteiger partial charge in [-0.05, 0) is 24.6 Å². The van der Waals surface area contributed by atoms with Crippen molar-refractivity contribution in [3.05, 3.63) is 68.0 Å². The van der Waals surface area contributed by atoms with E-state index in [0.717, 1.165) is 19.2 Å². The fourth-order valence-corrected chi connectivity index (χ4v) is 5.59. The monoisotopic (exact) mass is 586 g/mol. The third-order valence-corrected chi connectivity index (χ3v) is 7.46. The zero-order valence-corrected chi connectivity index (χ0v) is 21.0. The number of nitrogens with zero attached hydrogens (tertiary/aromatic N) is 1. The van der Waals surface area contributed by atoms with Crippen LogP contribution in [0.15, 0.2) is 46.1 Å². The molecule has 38 heavy (non-hydrogen) atoms. The zero-order chi connectivity index (χ0) is 27.9. The lowest BCUT2D eigenvalue weighted by Crippen LogP contribution is -2.47. The Labute approximate surface area is 216 Å². The second-order valence-corrected chi connectivity index (χ2v) is 10.6. The molecule has 0 radical (unpaired) electrons. The summed E-state index contributed by atoms with van der Waals surface area (Å²) in [5.41, 5.74) is -4.38. The molecule has 0 unspecified atom stereocenters. The number of ether oxygens (including phenoxy) is 2. The molecule has 2 aliphatic rings. The van der Waals surface area contributed by atoms with Crippen LogP contribution in [0.2, 0.25) is 5.02 Å². The molecule has 2 fully saturated rings. The first kappa shape index (κ1) is 28.5. The number of aromatic amines is 1. The van der Waals surface area contributed by atoms with Gasteiger partial charge in [-0.2, -0.15) is 13.2 Å². The Morgan fingerprint density at radius 1 is 1.32 bits per heavy atom. The molecule has 1 aromatic carbocycles. The average molecular weight is 587 g/mol. The maximum atomic E-state index is 15.9. The standard InChI is InChI=1S/C21H20ClF4N2O9P/c1-20(23)16(36-18(30)21(24,25)26)14(35-17(20)28-7-5-15(29)27-19(28)31)10-34-38(32)33-8-6-13(37-38)11-3-2-4-12(22)9-11/h2-5,7,9,13-14,16-17H,6,8,10H2,1H3,(H,27,29,31)/t13-,14+,16+,17+,20+,38+/m0/s1. The number of carbonyl (C=O) groups excluding carboxylic acids is 1. The van der Waals surface area contributed by atoms with Gasteiger partial charge in [-0.3, -0.25) is 27.9 Å². The van der Waals surface area contributed by atoms with Crippen molar-refractivity contribution in [1.29, 1.82) is 0 Å². The van der Waals surface area contributed by atoms with Gasteiger partial charge in [0.15, 0.2) is 18.0 Å². The summed E-state index contributed by atoms with van der Waals surface area (Å²) in [5.74, 6) is -2.73. The fourth-order valence-electron chi connectivity index (χ4n) is 4.00. The molecule has 1 aromatic heterocycles. The number of hydrogen-bond donors (Lipinski definition) is 1. The number of aromatic nitrogens is 2. The molecule has 17 heteroatoms. The van der Waals surface area contributed by atoms with Crippen LogP contribution in [0.5, 0.6) is 0 Å². The van der Waals surface area contributed by atoms with E-state index in [-0.39, 0.29) is 13.0 Å². The first-order valence-electron chi connectivity index (χ1n) is 11.0. The van der Waals surface area contributed by atoms with E-state index in [4.69, 9.17) is 29.9 Å². The van der Waals surface area contributed by atoms with E-state index in [1.807, 2.05) is 4.98 Å². The maximum absolute atomic E-state index is 15.9. The number of rotatable bonds is 6. The predicted octanol–water partition coefficient (Wildman–Crippen LogP) is 3.59. The molecule has 4 rings (SSSR count). The van der Waals surface area contributed by atoms with E-state index in [9.17, 15) is 32.1 Å². The molecular formula is C21H20ClF4N2O9P. The molecular weight excluding hydrogens is 567 g/mol. The van der Waals surface area contributed by atoms with Crippen LogP contribution in [-0.4, -0.2) is 52.8 Å². The molecule has 1 N–H and O–H groups in total. The van der Waals surface area contributed by atoms with E-state index in [1.165, 1.54) is 0 Å². The van der Waals surface area contributed by atoms with Gasteiger partial charge in [0.2, 0.25) is 0 Å². The minimum absolute atomic E-state index is 0.0946. The van der Waals surface area contributed by atoms with Gasteiger partial charge in [0.05, 0.1) is 19.3 Å². The summed E-state index contributed by atoms with van der Waals surface area (Å²) in [7, 11) is -4.37. The van der Waals surface area contributed by atoms with E-state index in [0.29, 0.717) is 15.2 Å². The summed E-state index contributed by atoms with van der Waals surface area (Å²) >= 11 is 5.98. The molecule has 11 nitrogen and oxygen atoms in total. The van der Waals surface area contributed by atoms with E-state index >= 15 is 4.39 Å². The van der Waals surface area contributed by atoms with Crippen LogP contribution in [0.25, 0.3) is 0 Å². The van der Waals surface area contributed by atoms with Gasteiger partial charge in [-0.15, -0.1) is 0 Å². The molecule has 0 saturated carbocycles. The van der Waals surface area contributed by atoms with Crippen molar-refractivity contribution in [3.63, 3.8) is 0 Å². The average Bonchev–Trinajstić information content (AvgIpc) is 3.07. The zero-order valence-electron chi connectivity index (χ0n) is 19.4. The second-order valence-electron chi connectivity index (χ2n) is 8.53. The van der Waals surface area contributed by atoms with Crippen molar-refractivity contribution in [2.75, 3.05) is 13.2 Å². The third-order valence-electron chi connectivity index (χ3n) is 5.75. The van der Waals surface area contributed by atoms with Crippen molar-refractivity contribution < 1.29 is 50.0 Å². The van der Waals surface area contributed by atoms with Gasteiger partial charge >= 0.3 is 25.7 Å². The summed E-state index contributed by atoms with van der Waals surface area (Å²) in [6.45, 7) is -0.291. The van der Waals surface area contributed by atoms with Gasteiger partial charge in [-0.25, -0.2) is 18.5 Å². The Hall–Kier alpha value is -2.55. The van der Waals surface area contributed by atoms with Crippen molar-refractivity contribution in [2.45, 2.75) is 49.7 Å². The van der Waals surface area contributed by atoms with Gasteiger partial charge in [0.25, 0.3) is 5.56 Å². The number of halogens is 5. The quantitative estimate of drug-likeness (QED) is 0.306. The number of phosphoric ester groups is 1. The molecule has 0 bridgehead atoms. The molecule has 0 aliphatic carbocycles. The van der Waals surface area contributed by atoms with Crippen LogP contribution in [0, 0.1) is 0 Å². The Morgan fingerprint density at radius 3 is 2.71 bits per heavy atom. The molecule has 2 saturated heterocycles. The number of benzene rings is 1. The lowest BCUT2D eigenvalue weighted by atomic mass is 9.98. The SMILES string of the molecule is C[C@@]1(F)[C@H](OC(=O)C(F)(F)F)[C@@H](CO[P@@]2(=O)OCC[C@@H](c3cccc(Cl)c3)O2)O[C@H]1n1ccc(=O)[nH]c1=O. The van der Waals surface area contributed by atoms with Crippen LogP contribution < -0.4 is 11.2 Å². The highest BCUT2D eigenvalue weighted by Gasteiger charge is 2.60. The summed E-state index contributed by atoms with van der Waals surface area (Å²) in [4.78, 5) is 37.0. The van der Waals surface area contributed by atoms with E-state index in [2.05, 4.69) is 4.74 Å². The van der Waals surface area contributed by atoms with Crippen molar-refractivity contribution in [3.8, 4) is 0 Å². The minimum atomic E-state index is -5.49. The normalized spacial score (nSPS) is 31.7. The summed E-state index contributed by atoms with van der Waals surface area (Å²) < 4.78 is 93.9. The van der Waals surface area contributed by atoms with Gasteiger partial charge < -0.3 is 9.47 Å². The van der Waals surface area contributed by atoms with Crippen LogP contribution >= 0.6 is 19.4 Å². The lowest BCUT2D eigenvalue weighted by Gasteiger charge is -2.30.